The number of aromatic nitrogens is 2. The van der Waals surface area contributed by atoms with Gasteiger partial charge in [0.25, 0.3) is 5.91 Å². The fourth-order valence-electron chi connectivity index (χ4n) is 4.04. The Labute approximate surface area is 191 Å². The number of hydrogen-bond acceptors (Lipinski definition) is 5. The van der Waals surface area contributed by atoms with Gasteiger partial charge in [-0.05, 0) is 42.3 Å². The van der Waals surface area contributed by atoms with Crippen LogP contribution < -0.4 is 9.47 Å². The number of nitrogens with zero attached hydrogens (tertiary/aromatic N) is 2. The van der Waals surface area contributed by atoms with Crippen molar-refractivity contribution in [2.45, 2.75) is 19.4 Å². The van der Waals surface area contributed by atoms with E-state index in [9.17, 15) is 9.90 Å². The summed E-state index contributed by atoms with van der Waals surface area (Å²) in [5, 5.41) is 18.2. The third-order valence-corrected chi connectivity index (χ3v) is 5.64. The van der Waals surface area contributed by atoms with Gasteiger partial charge < -0.3 is 19.5 Å². The van der Waals surface area contributed by atoms with E-state index in [-0.39, 0.29) is 11.7 Å². The standard InChI is InChI=1S/C24H24ClN3O4/c1-4-10-28-23(14-6-9-18(32-11-5-2)19(12-14)31-3)20-21(26-27-22(20)24(28)30)16-13-15(25)7-8-17(16)29/h5-9,12-13,23,29H,2,4,10-11H2,1,3H3,(H,26,27). The van der Waals surface area contributed by atoms with Crippen LogP contribution in [-0.2, 0) is 0 Å². The summed E-state index contributed by atoms with van der Waals surface area (Å²) in [4.78, 5) is 15.0. The second-order valence-corrected chi connectivity index (χ2v) is 7.87. The first-order chi connectivity index (χ1) is 15.5. The van der Waals surface area contributed by atoms with Crippen LogP contribution in [0.1, 0.15) is 41.0 Å². The third kappa shape index (κ3) is 3.69. The van der Waals surface area contributed by atoms with Crippen LogP contribution in [0.25, 0.3) is 11.3 Å². The van der Waals surface area contributed by atoms with Gasteiger partial charge in [0.2, 0.25) is 0 Å². The number of ether oxygens (including phenoxy) is 2. The summed E-state index contributed by atoms with van der Waals surface area (Å²) in [6.07, 6.45) is 2.45. The van der Waals surface area contributed by atoms with E-state index in [0.717, 1.165) is 12.0 Å². The summed E-state index contributed by atoms with van der Waals surface area (Å²) in [5.74, 6) is 1.03. The number of halogens is 1. The molecule has 0 radical (unpaired) electrons. The average Bonchev–Trinajstić information content (AvgIpc) is 3.33. The molecule has 4 rings (SSSR count). The van der Waals surface area contributed by atoms with E-state index < -0.39 is 6.04 Å². The van der Waals surface area contributed by atoms with E-state index in [0.29, 0.717) is 52.2 Å². The van der Waals surface area contributed by atoms with Crippen molar-refractivity contribution in [2.24, 2.45) is 0 Å². The van der Waals surface area contributed by atoms with Crippen LogP contribution in [0.5, 0.6) is 17.2 Å². The van der Waals surface area contributed by atoms with Crippen LogP contribution >= 0.6 is 11.6 Å². The first-order valence-electron chi connectivity index (χ1n) is 10.3. The lowest BCUT2D eigenvalue weighted by Crippen LogP contribution is -2.30. The molecule has 0 bridgehead atoms. The lowest BCUT2D eigenvalue weighted by molar-refractivity contribution is 0.0743. The van der Waals surface area contributed by atoms with Crippen LogP contribution in [0.15, 0.2) is 49.1 Å². The molecule has 0 saturated heterocycles. The quantitative estimate of drug-likeness (QED) is 0.470. The molecular weight excluding hydrogens is 430 g/mol. The van der Waals surface area contributed by atoms with Crippen LogP contribution in [0, 0.1) is 0 Å². The number of H-pyrrole nitrogens is 1. The molecule has 2 N–H and O–H groups in total. The molecule has 8 heteroatoms. The molecular formula is C24H24ClN3O4. The van der Waals surface area contributed by atoms with E-state index in [1.165, 1.54) is 6.07 Å². The number of aromatic amines is 1. The van der Waals surface area contributed by atoms with Gasteiger partial charge in [-0.2, -0.15) is 5.10 Å². The fourth-order valence-corrected chi connectivity index (χ4v) is 4.21. The van der Waals surface area contributed by atoms with Gasteiger partial charge in [0, 0.05) is 22.7 Å². The number of benzene rings is 2. The van der Waals surface area contributed by atoms with Crippen molar-refractivity contribution < 1.29 is 19.4 Å². The highest BCUT2D eigenvalue weighted by Gasteiger charge is 2.42. The van der Waals surface area contributed by atoms with Crippen molar-refractivity contribution in [3.05, 3.63) is 70.9 Å². The highest BCUT2D eigenvalue weighted by molar-refractivity contribution is 6.31. The maximum absolute atomic E-state index is 13.2. The minimum Gasteiger partial charge on any atom is -0.507 e. The molecule has 0 spiro atoms. The summed E-state index contributed by atoms with van der Waals surface area (Å²) in [7, 11) is 1.57. The largest absolute Gasteiger partial charge is 0.507 e. The normalized spacial score (nSPS) is 15.0. The number of carbonyl (C=O) groups is 1. The van der Waals surface area contributed by atoms with Gasteiger partial charge in [0.15, 0.2) is 11.5 Å². The van der Waals surface area contributed by atoms with Crippen molar-refractivity contribution in [3.8, 4) is 28.5 Å². The van der Waals surface area contributed by atoms with Crippen molar-refractivity contribution in [2.75, 3.05) is 20.3 Å². The number of rotatable bonds is 8. The topological polar surface area (TPSA) is 87.7 Å². The molecule has 1 unspecified atom stereocenters. The smallest absolute Gasteiger partial charge is 0.273 e. The highest BCUT2D eigenvalue weighted by atomic mass is 35.5. The van der Waals surface area contributed by atoms with Gasteiger partial charge in [-0.1, -0.05) is 37.2 Å². The zero-order valence-electron chi connectivity index (χ0n) is 17.9. The van der Waals surface area contributed by atoms with Crippen LogP contribution in [-0.4, -0.2) is 46.4 Å². The average molecular weight is 454 g/mol. The van der Waals surface area contributed by atoms with Crippen LogP contribution in [0.4, 0.5) is 0 Å². The maximum atomic E-state index is 13.2. The summed E-state index contributed by atoms with van der Waals surface area (Å²) in [6, 6.07) is 9.95. The molecule has 3 aromatic rings. The Morgan fingerprint density at radius 1 is 1.28 bits per heavy atom. The minimum atomic E-state index is -0.410. The molecule has 166 valence electrons. The third-order valence-electron chi connectivity index (χ3n) is 5.40. The minimum absolute atomic E-state index is 0.0367. The number of fused-ring (bicyclic) bond motifs is 1. The number of hydrogen-bond donors (Lipinski definition) is 2. The first-order valence-corrected chi connectivity index (χ1v) is 10.7. The second-order valence-electron chi connectivity index (χ2n) is 7.43. The molecule has 32 heavy (non-hydrogen) atoms. The Bertz CT molecular complexity index is 1170. The Morgan fingerprint density at radius 2 is 2.09 bits per heavy atom. The van der Waals surface area contributed by atoms with E-state index in [2.05, 4.69) is 16.8 Å². The predicted molar refractivity (Wildman–Crippen MR) is 123 cm³/mol. The Hall–Kier alpha value is -3.45. The van der Waals surface area contributed by atoms with Gasteiger partial charge >= 0.3 is 0 Å². The molecule has 1 aliphatic rings. The summed E-state index contributed by atoms with van der Waals surface area (Å²) < 4.78 is 11.2. The number of carbonyl (C=O) groups excluding carboxylic acids is 1. The molecule has 0 saturated carbocycles. The van der Waals surface area contributed by atoms with Crippen LogP contribution in [0.2, 0.25) is 5.02 Å². The van der Waals surface area contributed by atoms with E-state index in [1.54, 1.807) is 30.2 Å². The summed E-state index contributed by atoms with van der Waals surface area (Å²) >= 11 is 6.18. The van der Waals surface area contributed by atoms with E-state index in [1.807, 2.05) is 25.1 Å². The summed E-state index contributed by atoms with van der Waals surface area (Å²) in [6.45, 7) is 6.60. The fraction of sp³-hybridized carbons (Fsp3) is 0.250. The molecule has 1 aliphatic heterocycles. The maximum Gasteiger partial charge on any atom is 0.273 e. The van der Waals surface area contributed by atoms with Gasteiger partial charge in [0.05, 0.1) is 13.2 Å². The van der Waals surface area contributed by atoms with E-state index in [4.69, 9.17) is 21.1 Å². The van der Waals surface area contributed by atoms with Gasteiger partial charge in [-0.15, -0.1) is 0 Å². The number of methoxy groups -OCH3 is 1. The number of aromatic hydroxyl groups is 1. The lowest BCUT2D eigenvalue weighted by Gasteiger charge is -2.26. The highest BCUT2D eigenvalue weighted by Crippen LogP contribution is 2.46. The Morgan fingerprint density at radius 3 is 2.81 bits per heavy atom. The molecule has 1 atom stereocenters. The molecule has 2 heterocycles. The van der Waals surface area contributed by atoms with Gasteiger partial charge in [-0.25, -0.2) is 0 Å². The predicted octanol–water partition coefficient (Wildman–Crippen LogP) is 4.96. The van der Waals surface area contributed by atoms with E-state index >= 15 is 0 Å². The number of phenolic OH excluding ortho intramolecular Hbond substituents is 1. The van der Waals surface area contributed by atoms with Gasteiger partial charge in [-0.3, -0.25) is 9.89 Å². The zero-order chi connectivity index (χ0) is 22.8. The molecule has 7 nitrogen and oxygen atoms in total. The van der Waals surface area contributed by atoms with Crippen molar-refractivity contribution in [1.29, 1.82) is 0 Å². The number of nitrogens with one attached hydrogen (secondary N) is 1. The lowest BCUT2D eigenvalue weighted by atomic mass is 9.95. The zero-order valence-corrected chi connectivity index (χ0v) is 18.6. The Kier molecular flexibility index (Phi) is 6.10. The molecule has 1 aromatic heterocycles. The van der Waals surface area contributed by atoms with Gasteiger partial charge in [0.1, 0.15) is 23.7 Å². The van der Waals surface area contributed by atoms with Crippen molar-refractivity contribution in [3.63, 3.8) is 0 Å². The number of phenols is 1. The van der Waals surface area contributed by atoms with Crippen LogP contribution in [0.3, 0.4) is 0 Å². The van der Waals surface area contributed by atoms with Crippen molar-refractivity contribution >= 4 is 17.5 Å². The molecule has 0 fully saturated rings. The SMILES string of the molecule is C=CCOc1ccc(C2c3c(-c4cc(Cl)ccc4O)n[nH]c3C(=O)N2CCC)cc1OC. The molecule has 1 amide bonds. The second kappa shape index (κ2) is 8.96. The molecule has 0 aliphatic carbocycles. The first kappa shape index (κ1) is 21.8. The molecule has 2 aromatic carbocycles. The van der Waals surface area contributed by atoms with Crippen molar-refractivity contribution in [1.82, 2.24) is 15.1 Å². The Balaban J connectivity index is 1.87. The monoisotopic (exact) mass is 453 g/mol. The number of amides is 1. The summed E-state index contributed by atoms with van der Waals surface area (Å²) in [5.41, 5.74) is 2.90.